The maximum atomic E-state index is 4.58. The molecule has 2 rings (SSSR count). The second-order valence-electron chi connectivity index (χ2n) is 4.96. The van der Waals surface area contributed by atoms with Crippen LogP contribution in [0.25, 0.3) is 0 Å². The van der Waals surface area contributed by atoms with Gasteiger partial charge in [-0.1, -0.05) is 32.5 Å². The van der Waals surface area contributed by atoms with E-state index in [4.69, 9.17) is 0 Å². The van der Waals surface area contributed by atoms with E-state index in [0.29, 0.717) is 6.04 Å². The monoisotopic (exact) mass is 226 g/mol. The first-order chi connectivity index (χ1) is 7.20. The van der Waals surface area contributed by atoms with Crippen LogP contribution in [0.15, 0.2) is 4.99 Å². The molecule has 0 bridgehead atoms. The number of amidine groups is 1. The molecule has 0 aromatic heterocycles. The quantitative estimate of drug-likeness (QED) is 0.783. The lowest BCUT2D eigenvalue weighted by molar-refractivity contribution is 0.404. The van der Waals surface area contributed by atoms with Crippen molar-refractivity contribution in [2.24, 2.45) is 16.8 Å². The van der Waals surface area contributed by atoms with Crippen molar-refractivity contribution >= 4 is 16.9 Å². The molecule has 3 heteroatoms. The van der Waals surface area contributed by atoms with Gasteiger partial charge in [-0.15, -0.1) is 0 Å². The number of hydrogen-bond donors (Lipinski definition) is 1. The van der Waals surface area contributed by atoms with Gasteiger partial charge in [-0.3, -0.25) is 4.99 Å². The summed E-state index contributed by atoms with van der Waals surface area (Å²) in [6, 6.07) is 0.668. The van der Waals surface area contributed by atoms with Crippen LogP contribution in [0.2, 0.25) is 0 Å². The first-order valence-corrected chi connectivity index (χ1v) is 7.06. The molecule has 0 amide bonds. The lowest BCUT2D eigenvalue weighted by atomic mass is 9.98. The molecule has 1 aliphatic carbocycles. The Hall–Kier alpha value is -0.180. The number of rotatable bonds is 2. The van der Waals surface area contributed by atoms with E-state index in [1.54, 1.807) is 0 Å². The molecule has 1 aliphatic heterocycles. The predicted octanol–water partition coefficient (Wildman–Crippen LogP) is 2.89. The highest BCUT2D eigenvalue weighted by atomic mass is 32.2. The Bertz CT molecular complexity index is 252. The molecule has 1 N–H and O–H groups in total. The number of aliphatic imine (C=N–C) groups is 1. The molecule has 4 atom stereocenters. The standard InChI is InChI=1S/C12H22N2S/c1-4-10-7-13-12(15-10)14-11-6-5-8(2)9(11)3/h8-11H,4-7H2,1-3H3,(H,13,14). The average Bonchev–Trinajstić information content (AvgIpc) is 2.80. The van der Waals surface area contributed by atoms with Crippen LogP contribution in [0.4, 0.5) is 0 Å². The number of nitrogens with one attached hydrogen (secondary N) is 1. The molecule has 1 fully saturated rings. The topological polar surface area (TPSA) is 24.4 Å². The van der Waals surface area contributed by atoms with Crippen LogP contribution in [-0.4, -0.2) is 23.0 Å². The van der Waals surface area contributed by atoms with Gasteiger partial charge in [-0.2, -0.15) is 0 Å². The van der Waals surface area contributed by atoms with E-state index < -0.39 is 0 Å². The second kappa shape index (κ2) is 4.77. The lowest BCUT2D eigenvalue weighted by Gasteiger charge is -2.20. The Morgan fingerprint density at radius 1 is 1.40 bits per heavy atom. The van der Waals surface area contributed by atoms with Crippen molar-refractivity contribution in [2.75, 3.05) is 6.54 Å². The summed E-state index contributed by atoms with van der Waals surface area (Å²) in [5.74, 6) is 1.67. The maximum absolute atomic E-state index is 4.58. The van der Waals surface area contributed by atoms with E-state index in [1.165, 1.54) is 24.4 Å². The number of hydrogen-bond acceptors (Lipinski definition) is 3. The minimum atomic E-state index is 0.668. The van der Waals surface area contributed by atoms with Gasteiger partial charge in [-0.05, 0) is 31.1 Å². The van der Waals surface area contributed by atoms with Gasteiger partial charge in [0.1, 0.15) is 0 Å². The minimum Gasteiger partial charge on any atom is -0.362 e. The molecule has 0 aromatic carbocycles. The van der Waals surface area contributed by atoms with Crippen LogP contribution in [-0.2, 0) is 0 Å². The summed E-state index contributed by atoms with van der Waals surface area (Å²) < 4.78 is 0. The van der Waals surface area contributed by atoms with Gasteiger partial charge >= 0.3 is 0 Å². The summed E-state index contributed by atoms with van der Waals surface area (Å²) in [5, 5.41) is 5.56. The van der Waals surface area contributed by atoms with Crippen molar-refractivity contribution in [1.29, 1.82) is 0 Å². The predicted molar refractivity (Wildman–Crippen MR) is 68.5 cm³/mol. The third-order valence-corrected chi connectivity index (χ3v) is 5.23. The summed E-state index contributed by atoms with van der Waals surface area (Å²) >= 11 is 1.94. The van der Waals surface area contributed by atoms with Gasteiger partial charge in [0, 0.05) is 11.3 Å². The molecule has 4 unspecified atom stereocenters. The zero-order valence-electron chi connectivity index (χ0n) is 9.99. The van der Waals surface area contributed by atoms with Crippen molar-refractivity contribution in [3.05, 3.63) is 0 Å². The first kappa shape index (κ1) is 11.3. The van der Waals surface area contributed by atoms with Crippen molar-refractivity contribution in [3.8, 4) is 0 Å². The molecule has 1 heterocycles. The highest BCUT2D eigenvalue weighted by Crippen LogP contribution is 2.32. The highest BCUT2D eigenvalue weighted by molar-refractivity contribution is 8.14. The van der Waals surface area contributed by atoms with E-state index in [2.05, 4.69) is 31.1 Å². The van der Waals surface area contributed by atoms with Gasteiger partial charge < -0.3 is 5.32 Å². The van der Waals surface area contributed by atoms with Crippen LogP contribution in [0, 0.1) is 11.8 Å². The molecule has 0 saturated heterocycles. The minimum absolute atomic E-state index is 0.668. The zero-order chi connectivity index (χ0) is 10.8. The fraction of sp³-hybridized carbons (Fsp3) is 0.917. The van der Waals surface area contributed by atoms with E-state index >= 15 is 0 Å². The van der Waals surface area contributed by atoms with Gasteiger partial charge in [-0.25, -0.2) is 0 Å². The average molecular weight is 226 g/mol. The van der Waals surface area contributed by atoms with E-state index in [0.717, 1.165) is 23.6 Å². The van der Waals surface area contributed by atoms with Crippen LogP contribution >= 0.6 is 11.8 Å². The largest absolute Gasteiger partial charge is 0.362 e. The second-order valence-corrected chi connectivity index (χ2v) is 6.25. The highest BCUT2D eigenvalue weighted by Gasteiger charge is 2.31. The summed E-state index contributed by atoms with van der Waals surface area (Å²) in [5.41, 5.74) is 0. The molecule has 2 nitrogen and oxygen atoms in total. The van der Waals surface area contributed by atoms with Crippen LogP contribution in [0.1, 0.15) is 40.0 Å². The fourth-order valence-electron chi connectivity index (χ4n) is 2.44. The Labute approximate surface area is 97.3 Å². The van der Waals surface area contributed by atoms with Gasteiger partial charge in [0.15, 0.2) is 5.17 Å². The number of nitrogens with zero attached hydrogens (tertiary/aromatic N) is 1. The normalized spacial score (nSPS) is 40.6. The summed E-state index contributed by atoms with van der Waals surface area (Å²) in [4.78, 5) is 4.58. The van der Waals surface area contributed by atoms with Crippen molar-refractivity contribution in [1.82, 2.24) is 5.32 Å². The smallest absolute Gasteiger partial charge is 0.157 e. The molecule has 1 saturated carbocycles. The summed E-state index contributed by atoms with van der Waals surface area (Å²) in [6.07, 6.45) is 3.92. The Balaban J connectivity index is 1.83. The van der Waals surface area contributed by atoms with Gasteiger partial charge in [0.05, 0.1) is 6.54 Å². The van der Waals surface area contributed by atoms with E-state index in [-0.39, 0.29) is 0 Å². The Morgan fingerprint density at radius 2 is 2.20 bits per heavy atom. The van der Waals surface area contributed by atoms with Gasteiger partial charge in [0.25, 0.3) is 0 Å². The molecular formula is C12H22N2S. The summed E-state index contributed by atoms with van der Waals surface area (Å²) in [7, 11) is 0. The van der Waals surface area contributed by atoms with Crippen LogP contribution < -0.4 is 5.32 Å². The Morgan fingerprint density at radius 3 is 2.73 bits per heavy atom. The van der Waals surface area contributed by atoms with Crippen molar-refractivity contribution in [3.63, 3.8) is 0 Å². The maximum Gasteiger partial charge on any atom is 0.157 e. The SMILES string of the molecule is CCC1CN=C(NC2CCC(C)C2C)S1. The molecule has 0 radical (unpaired) electrons. The van der Waals surface area contributed by atoms with E-state index in [9.17, 15) is 0 Å². The zero-order valence-corrected chi connectivity index (χ0v) is 10.8. The van der Waals surface area contributed by atoms with Crippen LogP contribution in [0.5, 0.6) is 0 Å². The molecular weight excluding hydrogens is 204 g/mol. The third kappa shape index (κ3) is 2.49. The number of thioether (sulfide) groups is 1. The van der Waals surface area contributed by atoms with Gasteiger partial charge in [0.2, 0.25) is 0 Å². The van der Waals surface area contributed by atoms with Crippen LogP contribution in [0.3, 0.4) is 0 Å². The first-order valence-electron chi connectivity index (χ1n) is 6.18. The van der Waals surface area contributed by atoms with E-state index in [1.807, 2.05) is 11.8 Å². The molecule has 0 spiro atoms. The van der Waals surface area contributed by atoms with Crippen molar-refractivity contribution in [2.45, 2.75) is 51.3 Å². The molecule has 0 aromatic rings. The fourth-order valence-corrected chi connectivity index (χ4v) is 3.44. The summed E-state index contributed by atoms with van der Waals surface area (Å²) in [6.45, 7) is 7.99. The third-order valence-electron chi connectivity index (χ3n) is 3.95. The lowest BCUT2D eigenvalue weighted by Crippen LogP contribution is -2.35. The molecule has 2 aliphatic rings. The van der Waals surface area contributed by atoms with Crippen molar-refractivity contribution < 1.29 is 0 Å². The molecule has 15 heavy (non-hydrogen) atoms. The Kier molecular flexibility index (Phi) is 3.60. The molecule has 86 valence electrons.